The number of hydrogen-bond donors (Lipinski definition) is 1. The van der Waals surface area contributed by atoms with Crippen molar-refractivity contribution >= 4 is 0 Å². The third-order valence-electron chi connectivity index (χ3n) is 4.53. The van der Waals surface area contributed by atoms with Crippen LogP contribution in [0.15, 0.2) is 48.5 Å². The molecule has 21 heavy (non-hydrogen) atoms. The van der Waals surface area contributed by atoms with Crippen LogP contribution in [0.2, 0.25) is 0 Å². The monoisotopic (exact) mass is 279 g/mol. The first-order valence-corrected chi connectivity index (χ1v) is 8.25. The Balaban J connectivity index is 1.82. The van der Waals surface area contributed by atoms with E-state index in [4.69, 9.17) is 0 Å². The fourth-order valence-corrected chi connectivity index (χ4v) is 3.40. The maximum absolute atomic E-state index is 3.85. The number of benzene rings is 2. The van der Waals surface area contributed by atoms with Crippen molar-refractivity contribution in [1.82, 2.24) is 5.32 Å². The van der Waals surface area contributed by atoms with Gasteiger partial charge in [0.1, 0.15) is 0 Å². The van der Waals surface area contributed by atoms with Crippen molar-refractivity contribution in [3.63, 3.8) is 0 Å². The summed E-state index contributed by atoms with van der Waals surface area (Å²) in [6, 6.07) is 18.5. The first kappa shape index (κ1) is 14.3. The second kappa shape index (κ2) is 6.44. The van der Waals surface area contributed by atoms with Gasteiger partial charge in [-0.3, -0.25) is 0 Å². The molecule has 0 spiro atoms. The summed E-state index contributed by atoms with van der Waals surface area (Å²) in [6.07, 6.45) is 5.21. The van der Waals surface area contributed by atoms with Crippen LogP contribution >= 0.6 is 0 Å². The van der Waals surface area contributed by atoms with Gasteiger partial charge in [0, 0.05) is 6.04 Å². The van der Waals surface area contributed by atoms with Crippen LogP contribution in [-0.4, -0.2) is 6.04 Å². The summed E-state index contributed by atoms with van der Waals surface area (Å²) in [6.45, 7) is 4.58. The normalized spacial score (nSPS) is 14.8. The van der Waals surface area contributed by atoms with Gasteiger partial charge < -0.3 is 5.32 Å². The number of hydrogen-bond acceptors (Lipinski definition) is 1. The molecule has 1 N–H and O–H groups in total. The lowest BCUT2D eigenvalue weighted by atomic mass is 10.0. The van der Waals surface area contributed by atoms with Crippen molar-refractivity contribution < 1.29 is 0 Å². The van der Waals surface area contributed by atoms with E-state index in [0.29, 0.717) is 12.1 Å². The molecule has 1 unspecified atom stereocenters. The predicted molar refractivity (Wildman–Crippen MR) is 90.5 cm³/mol. The van der Waals surface area contributed by atoms with Gasteiger partial charge in [-0.2, -0.15) is 0 Å². The zero-order valence-electron chi connectivity index (χ0n) is 13.1. The van der Waals surface area contributed by atoms with Crippen molar-refractivity contribution in [3.8, 4) is 11.1 Å². The van der Waals surface area contributed by atoms with Crippen LogP contribution in [-0.2, 0) is 0 Å². The average molecular weight is 279 g/mol. The molecule has 1 heteroatoms. The molecule has 0 saturated heterocycles. The second-order valence-electron chi connectivity index (χ2n) is 6.17. The maximum Gasteiger partial charge on any atom is 0.0591 e. The number of rotatable bonds is 6. The summed E-state index contributed by atoms with van der Waals surface area (Å²) in [7, 11) is 0. The smallest absolute Gasteiger partial charge is 0.0591 e. The van der Waals surface area contributed by atoms with Crippen LogP contribution in [0.4, 0.5) is 0 Å². The minimum Gasteiger partial charge on any atom is -0.304 e. The number of unbranched alkanes of at least 4 members (excludes halogenated alkanes) is 2. The Morgan fingerprint density at radius 3 is 2.05 bits per heavy atom. The van der Waals surface area contributed by atoms with E-state index in [0.717, 1.165) is 0 Å². The van der Waals surface area contributed by atoms with E-state index in [2.05, 4.69) is 67.7 Å². The van der Waals surface area contributed by atoms with Crippen LogP contribution < -0.4 is 5.32 Å². The van der Waals surface area contributed by atoms with Crippen LogP contribution in [0.5, 0.6) is 0 Å². The first-order chi connectivity index (χ1) is 10.3. The molecule has 2 aromatic carbocycles. The van der Waals surface area contributed by atoms with Gasteiger partial charge in [-0.05, 0) is 35.6 Å². The van der Waals surface area contributed by atoms with E-state index < -0.39 is 0 Å². The lowest BCUT2D eigenvalue weighted by molar-refractivity contribution is 0.458. The predicted octanol–water partition coefficient (Wildman–Crippen LogP) is 5.31. The lowest BCUT2D eigenvalue weighted by Crippen LogP contribution is -2.30. The summed E-state index contributed by atoms with van der Waals surface area (Å²) in [5.41, 5.74) is 5.65. The molecule has 2 aromatic rings. The molecule has 3 rings (SSSR count). The molecule has 0 saturated carbocycles. The molecule has 110 valence electrons. The topological polar surface area (TPSA) is 12.0 Å². The summed E-state index contributed by atoms with van der Waals surface area (Å²) in [4.78, 5) is 0. The van der Waals surface area contributed by atoms with Gasteiger partial charge in [0.15, 0.2) is 0 Å². The van der Waals surface area contributed by atoms with E-state index in [1.54, 1.807) is 0 Å². The van der Waals surface area contributed by atoms with Gasteiger partial charge in [0.25, 0.3) is 0 Å². The molecule has 0 bridgehead atoms. The highest BCUT2D eigenvalue weighted by molar-refractivity contribution is 5.78. The van der Waals surface area contributed by atoms with Gasteiger partial charge in [-0.15, -0.1) is 0 Å². The fraction of sp³-hybridized carbons (Fsp3) is 0.400. The highest BCUT2D eigenvalue weighted by atomic mass is 15.0. The number of nitrogens with one attached hydrogen (secondary N) is 1. The van der Waals surface area contributed by atoms with Crippen molar-refractivity contribution in [3.05, 3.63) is 59.7 Å². The van der Waals surface area contributed by atoms with Crippen LogP contribution in [0.3, 0.4) is 0 Å². The molecular formula is C20H25N. The van der Waals surface area contributed by atoms with Crippen LogP contribution in [0.1, 0.15) is 56.7 Å². The summed E-state index contributed by atoms with van der Waals surface area (Å²) in [5, 5.41) is 3.85. The lowest BCUT2D eigenvalue weighted by Gasteiger charge is -2.21. The summed E-state index contributed by atoms with van der Waals surface area (Å²) in [5.74, 6) is 0. The largest absolute Gasteiger partial charge is 0.304 e. The molecule has 0 aromatic heterocycles. The van der Waals surface area contributed by atoms with Gasteiger partial charge >= 0.3 is 0 Å². The molecule has 1 aliphatic rings. The highest BCUT2D eigenvalue weighted by Gasteiger charge is 2.28. The third-order valence-corrected chi connectivity index (χ3v) is 4.53. The van der Waals surface area contributed by atoms with E-state index in [1.165, 1.54) is 47.9 Å². The van der Waals surface area contributed by atoms with E-state index in [-0.39, 0.29) is 0 Å². The van der Waals surface area contributed by atoms with Gasteiger partial charge in [-0.25, -0.2) is 0 Å². The Morgan fingerprint density at radius 1 is 0.905 bits per heavy atom. The molecule has 0 radical (unpaired) electrons. The van der Waals surface area contributed by atoms with Crippen molar-refractivity contribution in [2.24, 2.45) is 0 Å². The molecule has 0 amide bonds. The molecule has 0 fully saturated rings. The first-order valence-electron chi connectivity index (χ1n) is 8.25. The Kier molecular flexibility index (Phi) is 4.40. The Morgan fingerprint density at radius 2 is 1.48 bits per heavy atom. The van der Waals surface area contributed by atoms with Crippen LogP contribution in [0, 0.1) is 0 Å². The summed E-state index contributed by atoms with van der Waals surface area (Å²) < 4.78 is 0. The Bertz CT molecular complexity index is 557. The zero-order valence-corrected chi connectivity index (χ0v) is 13.1. The zero-order chi connectivity index (χ0) is 14.7. The van der Waals surface area contributed by atoms with Gasteiger partial charge in [-0.1, -0.05) is 74.7 Å². The molecular weight excluding hydrogens is 254 g/mol. The minimum atomic E-state index is 0.356. The van der Waals surface area contributed by atoms with E-state index in [9.17, 15) is 0 Å². The maximum atomic E-state index is 3.85. The Labute approximate surface area is 128 Å². The molecule has 1 aliphatic carbocycles. The van der Waals surface area contributed by atoms with E-state index in [1.807, 2.05) is 0 Å². The minimum absolute atomic E-state index is 0.356. The highest BCUT2D eigenvalue weighted by Crippen LogP contribution is 2.43. The molecule has 1 atom stereocenters. The third kappa shape index (κ3) is 2.89. The quantitative estimate of drug-likeness (QED) is 0.706. The van der Waals surface area contributed by atoms with E-state index >= 15 is 0 Å². The van der Waals surface area contributed by atoms with Gasteiger partial charge in [0.05, 0.1) is 6.04 Å². The fourth-order valence-electron chi connectivity index (χ4n) is 3.40. The molecule has 0 aliphatic heterocycles. The van der Waals surface area contributed by atoms with Gasteiger partial charge in [0.2, 0.25) is 0 Å². The Hall–Kier alpha value is -1.60. The van der Waals surface area contributed by atoms with Crippen LogP contribution in [0.25, 0.3) is 11.1 Å². The van der Waals surface area contributed by atoms with Crippen molar-refractivity contribution in [1.29, 1.82) is 0 Å². The summed E-state index contributed by atoms with van der Waals surface area (Å²) >= 11 is 0. The molecule has 0 heterocycles. The van der Waals surface area contributed by atoms with Crippen molar-refractivity contribution in [2.45, 2.75) is 51.6 Å². The SMILES string of the molecule is CCCCCC(C)NC1c2ccccc2-c2ccccc21. The second-order valence-corrected chi connectivity index (χ2v) is 6.17. The van der Waals surface area contributed by atoms with Crippen molar-refractivity contribution in [2.75, 3.05) is 0 Å². The number of fused-ring (bicyclic) bond motifs is 3. The molecule has 1 nitrogen and oxygen atoms in total. The average Bonchev–Trinajstić information content (AvgIpc) is 2.83. The standard InChI is InChI=1S/C20H25N/c1-3-4-5-10-15(2)21-20-18-13-8-6-11-16(18)17-12-7-9-14-19(17)20/h6-9,11-15,20-21H,3-5,10H2,1-2H3.